The van der Waals surface area contributed by atoms with Crippen LogP contribution in [0.25, 0.3) is 0 Å². The lowest BCUT2D eigenvalue weighted by atomic mass is 10.1. The van der Waals surface area contributed by atoms with Crippen LogP contribution >= 0.6 is 0 Å². The summed E-state index contributed by atoms with van der Waals surface area (Å²) in [7, 11) is 0. The molecule has 4 N–H and O–H groups in total. The Morgan fingerprint density at radius 2 is 1.96 bits per heavy atom. The van der Waals surface area contributed by atoms with Gasteiger partial charge in [-0.1, -0.05) is 30.3 Å². The van der Waals surface area contributed by atoms with E-state index in [-0.39, 0.29) is 18.2 Å². The van der Waals surface area contributed by atoms with Crippen molar-refractivity contribution in [1.29, 1.82) is 0 Å². The average Bonchev–Trinajstić information content (AvgIpc) is 3.25. The molecule has 0 aliphatic carbocycles. The third-order valence-electron chi connectivity index (χ3n) is 4.94. The molecule has 5 heteroatoms. The zero-order valence-corrected chi connectivity index (χ0v) is 14.8. The fourth-order valence-corrected chi connectivity index (χ4v) is 3.79. The SMILES string of the molecule is CC1(C)O[C@@H]2[C@H](CN)NC[C@@H]2O1.c1ccc(CC2CCCN2)cc1. The molecule has 3 aliphatic rings. The van der Waals surface area contributed by atoms with Crippen LogP contribution in [0.5, 0.6) is 0 Å². The smallest absolute Gasteiger partial charge is 0.163 e. The second-order valence-corrected chi connectivity index (χ2v) is 7.37. The summed E-state index contributed by atoms with van der Waals surface area (Å²) < 4.78 is 11.4. The molecule has 0 spiro atoms. The Balaban J connectivity index is 0.000000141. The molecule has 4 atom stereocenters. The molecule has 3 aliphatic heterocycles. The summed E-state index contributed by atoms with van der Waals surface area (Å²) in [5.41, 5.74) is 7.04. The van der Waals surface area contributed by atoms with Gasteiger partial charge in [-0.05, 0) is 45.2 Å². The normalized spacial score (nSPS) is 33.8. The van der Waals surface area contributed by atoms with Crippen molar-refractivity contribution in [2.75, 3.05) is 19.6 Å². The molecule has 134 valence electrons. The Morgan fingerprint density at radius 3 is 2.62 bits per heavy atom. The highest BCUT2D eigenvalue weighted by Crippen LogP contribution is 2.32. The van der Waals surface area contributed by atoms with Gasteiger partial charge in [-0.3, -0.25) is 0 Å². The molecule has 5 nitrogen and oxygen atoms in total. The number of nitrogens with two attached hydrogens (primary N) is 1. The molecular weight excluding hydrogens is 302 g/mol. The van der Waals surface area contributed by atoms with E-state index in [4.69, 9.17) is 15.2 Å². The van der Waals surface area contributed by atoms with Crippen molar-refractivity contribution in [3.05, 3.63) is 35.9 Å². The van der Waals surface area contributed by atoms with Gasteiger partial charge in [0.15, 0.2) is 5.79 Å². The quantitative estimate of drug-likeness (QED) is 0.780. The summed E-state index contributed by atoms with van der Waals surface area (Å²) in [6.07, 6.45) is 4.21. The zero-order valence-electron chi connectivity index (χ0n) is 14.8. The molecule has 0 bridgehead atoms. The van der Waals surface area contributed by atoms with Crippen LogP contribution in [0.2, 0.25) is 0 Å². The Hall–Kier alpha value is -0.980. The second-order valence-electron chi connectivity index (χ2n) is 7.37. The topological polar surface area (TPSA) is 68.5 Å². The van der Waals surface area contributed by atoms with Gasteiger partial charge < -0.3 is 25.8 Å². The van der Waals surface area contributed by atoms with Crippen molar-refractivity contribution >= 4 is 0 Å². The number of hydrogen-bond acceptors (Lipinski definition) is 5. The highest BCUT2D eigenvalue weighted by Gasteiger charge is 2.48. The second kappa shape index (κ2) is 7.93. The third-order valence-corrected chi connectivity index (χ3v) is 4.94. The molecule has 0 saturated carbocycles. The summed E-state index contributed by atoms with van der Waals surface area (Å²) in [5.74, 6) is -0.426. The molecule has 4 rings (SSSR count). The fourth-order valence-electron chi connectivity index (χ4n) is 3.79. The molecular formula is C19H31N3O2. The van der Waals surface area contributed by atoms with Crippen LogP contribution in [0, 0.1) is 0 Å². The maximum absolute atomic E-state index is 5.71. The predicted molar refractivity (Wildman–Crippen MR) is 95.8 cm³/mol. The van der Waals surface area contributed by atoms with Crippen molar-refractivity contribution in [2.45, 2.75) is 63.2 Å². The van der Waals surface area contributed by atoms with Crippen molar-refractivity contribution in [3.63, 3.8) is 0 Å². The number of ether oxygens (including phenoxy) is 2. The Kier molecular flexibility index (Phi) is 5.89. The highest BCUT2D eigenvalue weighted by molar-refractivity contribution is 5.16. The van der Waals surface area contributed by atoms with Crippen LogP contribution in [0.3, 0.4) is 0 Å². The number of benzene rings is 1. The molecule has 0 amide bonds. The van der Waals surface area contributed by atoms with E-state index < -0.39 is 5.79 Å². The molecule has 24 heavy (non-hydrogen) atoms. The number of fused-ring (bicyclic) bond motifs is 1. The van der Waals surface area contributed by atoms with E-state index in [0.29, 0.717) is 6.54 Å². The van der Waals surface area contributed by atoms with Gasteiger partial charge in [0.2, 0.25) is 0 Å². The predicted octanol–water partition coefficient (Wildman–Crippen LogP) is 1.42. The van der Waals surface area contributed by atoms with Crippen molar-refractivity contribution in [1.82, 2.24) is 10.6 Å². The zero-order chi connectivity index (χ0) is 17.0. The van der Waals surface area contributed by atoms with Crippen LogP contribution in [-0.2, 0) is 15.9 Å². The van der Waals surface area contributed by atoms with E-state index in [1.807, 2.05) is 13.8 Å². The molecule has 3 saturated heterocycles. The molecule has 1 aromatic carbocycles. The lowest BCUT2D eigenvalue weighted by Crippen LogP contribution is -2.40. The largest absolute Gasteiger partial charge is 0.343 e. The Morgan fingerprint density at radius 1 is 1.17 bits per heavy atom. The molecule has 0 aromatic heterocycles. The number of nitrogens with one attached hydrogen (secondary N) is 2. The summed E-state index contributed by atoms with van der Waals surface area (Å²) in [6.45, 7) is 6.56. The van der Waals surface area contributed by atoms with Gasteiger partial charge in [0.25, 0.3) is 0 Å². The molecule has 1 unspecified atom stereocenters. The van der Waals surface area contributed by atoms with Crippen molar-refractivity contribution < 1.29 is 9.47 Å². The van der Waals surface area contributed by atoms with Gasteiger partial charge >= 0.3 is 0 Å². The summed E-state index contributed by atoms with van der Waals surface area (Å²) in [5, 5.41) is 6.78. The summed E-state index contributed by atoms with van der Waals surface area (Å²) >= 11 is 0. The lowest BCUT2D eigenvalue weighted by Gasteiger charge is -2.21. The lowest BCUT2D eigenvalue weighted by molar-refractivity contribution is -0.152. The van der Waals surface area contributed by atoms with Gasteiger partial charge in [0.05, 0.1) is 0 Å². The van der Waals surface area contributed by atoms with Gasteiger partial charge in [-0.25, -0.2) is 0 Å². The van der Waals surface area contributed by atoms with E-state index >= 15 is 0 Å². The molecule has 0 radical (unpaired) electrons. The Labute approximate surface area is 145 Å². The van der Waals surface area contributed by atoms with Crippen molar-refractivity contribution in [3.8, 4) is 0 Å². The van der Waals surface area contributed by atoms with Gasteiger partial charge in [-0.2, -0.15) is 0 Å². The van der Waals surface area contributed by atoms with E-state index in [1.54, 1.807) is 0 Å². The average molecular weight is 333 g/mol. The van der Waals surface area contributed by atoms with Gasteiger partial charge in [-0.15, -0.1) is 0 Å². The van der Waals surface area contributed by atoms with Gasteiger partial charge in [0.1, 0.15) is 12.2 Å². The summed E-state index contributed by atoms with van der Waals surface area (Å²) in [4.78, 5) is 0. The van der Waals surface area contributed by atoms with Gasteiger partial charge in [0, 0.05) is 25.2 Å². The standard InChI is InChI=1S/C11H15N.C8H16N2O2/c1-2-5-10(6-3-1)9-11-7-4-8-12-11;1-8(2)11-6-4-10-5(3-9)7(6)12-8/h1-3,5-6,11-12H,4,7-9H2;5-7,10H,3-4,9H2,1-2H3/t;5-,6-,7+/m.0/s1. The first-order valence-corrected chi connectivity index (χ1v) is 9.14. The van der Waals surface area contributed by atoms with Crippen LogP contribution < -0.4 is 16.4 Å². The monoisotopic (exact) mass is 333 g/mol. The van der Waals surface area contributed by atoms with E-state index in [0.717, 1.165) is 12.6 Å². The first-order valence-electron chi connectivity index (χ1n) is 9.14. The van der Waals surface area contributed by atoms with E-state index in [1.165, 1.54) is 31.4 Å². The summed E-state index contributed by atoms with van der Waals surface area (Å²) in [6, 6.07) is 11.7. The van der Waals surface area contributed by atoms with E-state index in [2.05, 4.69) is 41.0 Å². The molecule has 1 aromatic rings. The van der Waals surface area contributed by atoms with Crippen LogP contribution in [0.1, 0.15) is 32.3 Å². The van der Waals surface area contributed by atoms with Crippen molar-refractivity contribution in [2.24, 2.45) is 5.73 Å². The minimum absolute atomic E-state index is 0.144. The molecule has 3 fully saturated rings. The number of hydrogen-bond donors (Lipinski definition) is 3. The van der Waals surface area contributed by atoms with Crippen LogP contribution in [0.15, 0.2) is 30.3 Å². The van der Waals surface area contributed by atoms with E-state index in [9.17, 15) is 0 Å². The minimum Gasteiger partial charge on any atom is -0.343 e. The fraction of sp³-hybridized carbons (Fsp3) is 0.684. The third kappa shape index (κ3) is 4.55. The first-order chi connectivity index (χ1) is 11.6. The maximum atomic E-state index is 5.71. The highest BCUT2D eigenvalue weighted by atomic mass is 16.8. The Bertz CT molecular complexity index is 503. The van der Waals surface area contributed by atoms with Crippen LogP contribution in [0.4, 0.5) is 0 Å². The molecule has 3 heterocycles. The first kappa shape index (κ1) is 17.8. The minimum atomic E-state index is -0.426. The number of rotatable bonds is 3. The van der Waals surface area contributed by atoms with Crippen LogP contribution in [-0.4, -0.2) is 49.7 Å². The maximum Gasteiger partial charge on any atom is 0.163 e.